The third-order valence-electron chi connectivity index (χ3n) is 4.99. The molecule has 0 aliphatic rings. The Bertz CT molecular complexity index is 1250. The predicted molar refractivity (Wildman–Crippen MR) is 133 cm³/mol. The lowest BCUT2D eigenvalue weighted by molar-refractivity contribution is -0.116. The number of carbonyl (C=O) groups is 1. The lowest BCUT2D eigenvalue weighted by atomic mass is 10.2. The van der Waals surface area contributed by atoms with Gasteiger partial charge in [-0.25, -0.2) is 9.97 Å². The molecule has 1 amide bonds. The van der Waals surface area contributed by atoms with Crippen molar-refractivity contribution >= 4 is 45.8 Å². The van der Waals surface area contributed by atoms with Crippen LogP contribution in [0, 0.1) is 13.8 Å². The maximum atomic E-state index is 11.8. The number of carbonyl (C=O) groups excluding carboxylic acids is 1. The molecule has 2 heterocycles. The van der Waals surface area contributed by atoms with Gasteiger partial charge in [0.05, 0.1) is 11.4 Å². The highest BCUT2D eigenvalue weighted by atomic mass is 32.2. The van der Waals surface area contributed by atoms with Gasteiger partial charge in [0.25, 0.3) is 0 Å². The van der Waals surface area contributed by atoms with Gasteiger partial charge in [-0.2, -0.15) is 0 Å². The quantitative estimate of drug-likeness (QED) is 0.326. The molecule has 0 saturated carbocycles. The molecule has 2 aromatic heterocycles. The minimum absolute atomic E-state index is 0.0483. The van der Waals surface area contributed by atoms with Gasteiger partial charge in [-0.05, 0) is 80.4 Å². The van der Waals surface area contributed by atoms with Crippen molar-refractivity contribution in [1.82, 2.24) is 9.97 Å². The van der Waals surface area contributed by atoms with Crippen LogP contribution >= 0.6 is 11.8 Å². The van der Waals surface area contributed by atoms with E-state index in [0.717, 1.165) is 50.0 Å². The summed E-state index contributed by atoms with van der Waals surface area (Å²) in [5.74, 6) is 0.0483. The van der Waals surface area contributed by atoms with E-state index in [0.29, 0.717) is 6.42 Å². The van der Waals surface area contributed by atoms with Gasteiger partial charge in [-0.15, -0.1) is 0 Å². The molecule has 4 rings (SSSR count). The van der Waals surface area contributed by atoms with Crippen molar-refractivity contribution in [3.05, 3.63) is 78.1 Å². The van der Waals surface area contributed by atoms with Crippen molar-refractivity contribution in [2.45, 2.75) is 43.4 Å². The highest BCUT2D eigenvalue weighted by Gasteiger charge is 2.10. The first kappa shape index (κ1) is 21.8. The molecule has 5 nitrogen and oxygen atoms in total. The monoisotopic (exact) mass is 442 g/mol. The lowest BCUT2D eigenvalue weighted by Gasteiger charge is -2.15. The summed E-state index contributed by atoms with van der Waals surface area (Å²) in [6.07, 6.45) is 3.16. The van der Waals surface area contributed by atoms with E-state index < -0.39 is 0 Å². The van der Waals surface area contributed by atoms with E-state index in [9.17, 15) is 4.79 Å². The minimum atomic E-state index is 0.0483. The Morgan fingerprint density at radius 2 is 1.78 bits per heavy atom. The molecule has 0 saturated heterocycles. The number of benzene rings is 2. The van der Waals surface area contributed by atoms with Gasteiger partial charge in [0, 0.05) is 39.2 Å². The smallest absolute Gasteiger partial charge is 0.224 e. The zero-order chi connectivity index (χ0) is 22.5. The second-order valence-corrected chi connectivity index (χ2v) is 8.85. The van der Waals surface area contributed by atoms with Crippen LogP contribution < -0.4 is 10.6 Å². The van der Waals surface area contributed by atoms with E-state index in [4.69, 9.17) is 0 Å². The molecule has 0 bridgehead atoms. The third kappa shape index (κ3) is 5.26. The molecule has 162 valence electrons. The number of pyridine rings is 2. The lowest BCUT2D eigenvalue weighted by Crippen LogP contribution is -2.10. The number of aryl methyl sites for hydroxylation is 2. The number of hydrogen-bond acceptors (Lipinski definition) is 5. The molecule has 4 aromatic rings. The highest BCUT2D eigenvalue weighted by Crippen LogP contribution is 2.37. The van der Waals surface area contributed by atoms with Crippen LogP contribution in [0.2, 0.25) is 0 Å². The zero-order valence-corrected chi connectivity index (χ0v) is 19.3. The van der Waals surface area contributed by atoms with E-state index in [1.165, 1.54) is 5.56 Å². The summed E-state index contributed by atoms with van der Waals surface area (Å²) in [5.41, 5.74) is 5.69. The van der Waals surface area contributed by atoms with Crippen LogP contribution in [-0.4, -0.2) is 15.9 Å². The fourth-order valence-electron chi connectivity index (χ4n) is 3.39. The Morgan fingerprint density at radius 1 is 0.969 bits per heavy atom. The predicted octanol–water partition coefficient (Wildman–Crippen LogP) is 6.88. The van der Waals surface area contributed by atoms with Gasteiger partial charge in [0.1, 0.15) is 0 Å². The zero-order valence-electron chi connectivity index (χ0n) is 18.5. The van der Waals surface area contributed by atoms with Crippen molar-refractivity contribution in [2.24, 2.45) is 0 Å². The molecular weight excluding hydrogens is 416 g/mol. The molecule has 0 spiro atoms. The van der Waals surface area contributed by atoms with E-state index in [1.807, 2.05) is 50.2 Å². The fraction of sp³-hybridized carbons (Fsp3) is 0.192. The van der Waals surface area contributed by atoms with Crippen molar-refractivity contribution in [1.29, 1.82) is 0 Å². The van der Waals surface area contributed by atoms with E-state index in [-0.39, 0.29) is 5.91 Å². The number of nitrogens with zero attached hydrogens (tertiary/aromatic N) is 2. The Labute approximate surface area is 192 Å². The number of aromatic nitrogens is 2. The van der Waals surface area contributed by atoms with Crippen molar-refractivity contribution in [2.75, 3.05) is 10.6 Å². The second kappa shape index (κ2) is 9.83. The SMILES string of the molecule is CCCC(=O)Nc1ccc(Sc2ccc(C)cc2Nc2ccnc3nc(C)ccc23)cc1. The molecule has 0 atom stereocenters. The first-order valence-corrected chi connectivity index (χ1v) is 11.5. The average molecular weight is 443 g/mol. The standard InChI is InChI=1S/C26H26N4OS/c1-4-5-25(31)29-19-8-10-20(11-9-19)32-24-13-6-17(2)16-23(24)30-22-14-15-27-26-21(22)12-7-18(3)28-26/h6-16H,4-5H2,1-3H3,(H,29,31)(H,27,28,30). The van der Waals surface area contributed by atoms with Gasteiger partial charge in [-0.1, -0.05) is 24.8 Å². The van der Waals surface area contributed by atoms with Crippen LogP contribution in [0.5, 0.6) is 0 Å². The third-order valence-corrected chi connectivity index (χ3v) is 6.07. The summed E-state index contributed by atoms with van der Waals surface area (Å²) in [6.45, 7) is 6.05. The minimum Gasteiger partial charge on any atom is -0.354 e. The molecule has 0 aliphatic heterocycles. The number of fused-ring (bicyclic) bond motifs is 1. The van der Waals surface area contributed by atoms with Gasteiger partial charge in [-0.3, -0.25) is 4.79 Å². The Balaban J connectivity index is 1.58. The number of nitrogens with one attached hydrogen (secondary N) is 2. The molecule has 0 fully saturated rings. The van der Waals surface area contributed by atoms with Gasteiger partial charge < -0.3 is 10.6 Å². The molecule has 0 unspecified atom stereocenters. The highest BCUT2D eigenvalue weighted by molar-refractivity contribution is 7.99. The topological polar surface area (TPSA) is 66.9 Å². The van der Waals surface area contributed by atoms with Gasteiger partial charge in [0.15, 0.2) is 5.65 Å². The number of hydrogen-bond donors (Lipinski definition) is 2. The maximum Gasteiger partial charge on any atom is 0.224 e. The molecule has 6 heteroatoms. The number of amides is 1. The maximum absolute atomic E-state index is 11.8. The molecular formula is C26H26N4OS. The summed E-state index contributed by atoms with van der Waals surface area (Å²) < 4.78 is 0. The molecule has 2 N–H and O–H groups in total. The largest absolute Gasteiger partial charge is 0.354 e. The normalized spacial score (nSPS) is 10.8. The first-order chi connectivity index (χ1) is 15.5. The summed E-state index contributed by atoms with van der Waals surface area (Å²) in [6, 6.07) is 20.4. The molecule has 0 radical (unpaired) electrons. The average Bonchev–Trinajstić information content (AvgIpc) is 2.77. The van der Waals surface area contributed by atoms with E-state index in [2.05, 4.69) is 51.8 Å². The number of anilines is 3. The van der Waals surface area contributed by atoms with Crippen LogP contribution in [0.15, 0.2) is 76.7 Å². The van der Waals surface area contributed by atoms with E-state index >= 15 is 0 Å². The van der Waals surface area contributed by atoms with Gasteiger partial charge >= 0.3 is 0 Å². The summed E-state index contributed by atoms with van der Waals surface area (Å²) in [5, 5.41) is 7.51. The Hall–Kier alpha value is -3.38. The Kier molecular flexibility index (Phi) is 6.71. The van der Waals surface area contributed by atoms with Crippen LogP contribution in [-0.2, 0) is 4.79 Å². The van der Waals surface area contributed by atoms with Crippen LogP contribution in [0.1, 0.15) is 31.0 Å². The van der Waals surface area contributed by atoms with Crippen LogP contribution in [0.3, 0.4) is 0 Å². The van der Waals surface area contributed by atoms with Crippen molar-refractivity contribution in [3.8, 4) is 0 Å². The van der Waals surface area contributed by atoms with Crippen LogP contribution in [0.25, 0.3) is 11.0 Å². The molecule has 32 heavy (non-hydrogen) atoms. The second-order valence-electron chi connectivity index (χ2n) is 7.73. The number of rotatable bonds is 7. The molecule has 2 aromatic carbocycles. The van der Waals surface area contributed by atoms with Gasteiger partial charge in [0.2, 0.25) is 5.91 Å². The fourth-order valence-corrected chi connectivity index (χ4v) is 4.27. The van der Waals surface area contributed by atoms with Crippen molar-refractivity contribution < 1.29 is 4.79 Å². The van der Waals surface area contributed by atoms with Crippen molar-refractivity contribution in [3.63, 3.8) is 0 Å². The molecule has 0 aliphatic carbocycles. The summed E-state index contributed by atoms with van der Waals surface area (Å²) in [7, 11) is 0. The summed E-state index contributed by atoms with van der Waals surface area (Å²) >= 11 is 1.68. The first-order valence-electron chi connectivity index (χ1n) is 10.7. The Morgan fingerprint density at radius 3 is 2.56 bits per heavy atom. The summed E-state index contributed by atoms with van der Waals surface area (Å²) in [4.78, 5) is 23.0. The van der Waals surface area contributed by atoms with E-state index in [1.54, 1.807) is 18.0 Å². The van der Waals surface area contributed by atoms with Crippen LogP contribution in [0.4, 0.5) is 17.1 Å².